The molecule has 102 valence electrons. The second-order valence-corrected chi connectivity index (χ2v) is 7.62. The van der Waals surface area contributed by atoms with Gasteiger partial charge in [0.2, 0.25) is 0 Å². The molecule has 3 aliphatic carbocycles. The van der Waals surface area contributed by atoms with Gasteiger partial charge in [0.1, 0.15) is 0 Å². The Bertz CT molecular complexity index is 721. The molecule has 3 fully saturated rings. The third-order valence-electron chi connectivity index (χ3n) is 5.67. The number of benzene rings is 1. The molecule has 0 radical (unpaired) electrons. The van der Waals surface area contributed by atoms with Gasteiger partial charge in [0.15, 0.2) is 0 Å². The first-order valence-electron chi connectivity index (χ1n) is 7.36. The molecule has 3 saturated carbocycles. The second-order valence-electron chi connectivity index (χ2n) is 6.55. The predicted octanol–water partition coefficient (Wildman–Crippen LogP) is 3.75. The Labute approximate surface area is 120 Å². The highest BCUT2D eigenvalue weighted by atomic mass is 32.1. The number of rotatable bonds is 2. The van der Waals surface area contributed by atoms with Crippen LogP contribution in [0.5, 0.6) is 0 Å². The summed E-state index contributed by atoms with van der Waals surface area (Å²) in [5, 5.41) is 10.3. The molecule has 0 spiro atoms. The Balaban J connectivity index is 1.53. The maximum absolute atomic E-state index is 11.0. The minimum absolute atomic E-state index is 0.365. The van der Waals surface area contributed by atoms with E-state index >= 15 is 0 Å². The van der Waals surface area contributed by atoms with Gasteiger partial charge in [0.05, 0.1) is 20.8 Å². The summed E-state index contributed by atoms with van der Waals surface area (Å²) in [5.74, 6) is 3.53. The average molecular weight is 285 g/mol. The van der Waals surface area contributed by atoms with Crippen LogP contribution in [0.2, 0.25) is 0 Å². The number of carbonyl (C=O) groups is 1. The normalized spacial score (nSPS) is 37.3. The highest BCUT2D eigenvalue weighted by Gasteiger charge is 2.66. The van der Waals surface area contributed by atoms with Crippen molar-refractivity contribution in [2.24, 2.45) is 23.7 Å². The first-order valence-corrected chi connectivity index (χ1v) is 8.18. The number of aromatic nitrogens is 1. The van der Waals surface area contributed by atoms with Crippen molar-refractivity contribution in [3.63, 3.8) is 0 Å². The van der Waals surface area contributed by atoms with Crippen molar-refractivity contribution < 1.29 is 9.90 Å². The van der Waals surface area contributed by atoms with Gasteiger partial charge in [-0.25, -0.2) is 9.78 Å². The number of aromatic carboxylic acids is 1. The van der Waals surface area contributed by atoms with Crippen molar-refractivity contribution in [3.8, 4) is 0 Å². The number of hydrogen-bond donors (Lipinski definition) is 1. The Morgan fingerprint density at radius 1 is 1.25 bits per heavy atom. The Hall–Kier alpha value is -1.42. The molecule has 4 unspecified atom stereocenters. The minimum atomic E-state index is -0.858. The minimum Gasteiger partial charge on any atom is -0.478 e. The van der Waals surface area contributed by atoms with Crippen LogP contribution >= 0.6 is 11.3 Å². The summed E-state index contributed by atoms with van der Waals surface area (Å²) in [7, 11) is 0. The maximum atomic E-state index is 11.0. The van der Waals surface area contributed by atoms with E-state index in [2.05, 4.69) is 0 Å². The molecule has 5 rings (SSSR count). The largest absolute Gasteiger partial charge is 0.478 e. The standard InChI is InChI=1S/C16H15NO2S/c18-16(19)9-3-4-10-11(6-9)20-15(17-10)14-12-7-1-2-8(5-7)13(12)14/h3-4,6-8,12-14H,1-2,5H2,(H,18,19). The maximum Gasteiger partial charge on any atom is 0.335 e. The van der Waals surface area contributed by atoms with Gasteiger partial charge >= 0.3 is 5.97 Å². The SMILES string of the molecule is O=C(O)c1ccc2nc(C3C4C5CCC(C5)C34)sc2c1. The Kier molecular flexibility index (Phi) is 2.03. The van der Waals surface area contributed by atoms with Gasteiger partial charge in [-0.3, -0.25) is 0 Å². The lowest BCUT2D eigenvalue weighted by molar-refractivity contribution is 0.0697. The van der Waals surface area contributed by atoms with E-state index in [1.807, 2.05) is 6.07 Å². The van der Waals surface area contributed by atoms with Gasteiger partial charge in [-0.05, 0) is 61.1 Å². The van der Waals surface area contributed by atoms with Crippen molar-refractivity contribution >= 4 is 27.5 Å². The van der Waals surface area contributed by atoms with Crippen molar-refractivity contribution in [3.05, 3.63) is 28.8 Å². The van der Waals surface area contributed by atoms with E-state index in [0.29, 0.717) is 11.5 Å². The molecule has 3 aliphatic rings. The molecule has 1 aromatic heterocycles. The third-order valence-corrected chi connectivity index (χ3v) is 6.79. The number of fused-ring (bicyclic) bond motifs is 6. The molecule has 1 heterocycles. The lowest BCUT2D eigenvalue weighted by Gasteiger charge is -2.04. The molecular formula is C16H15NO2S. The van der Waals surface area contributed by atoms with Crippen molar-refractivity contribution in [1.82, 2.24) is 4.98 Å². The summed E-state index contributed by atoms with van der Waals surface area (Å²) in [6, 6.07) is 5.28. The smallest absolute Gasteiger partial charge is 0.335 e. The number of carboxylic acid groups (broad SMARTS) is 1. The molecule has 4 atom stereocenters. The molecule has 0 aliphatic heterocycles. The molecule has 20 heavy (non-hydrogen) atoms. The van der Waals surface area contributed by atoms with E-state index in [0.717, 1.165) is 33.9 Å². The zero-order valence-corrected chi connectivity index (χ0v) is 11.8. The zero-order chi connectivity index (χ0) is 13.4. The lowest BCUT2D eigenvalue weighted by Crippen LogP contribution is -1.96. The van der Waals surface area contributed by atoms with Crippen LogP contribution in [0.1, 0.15) is 40.5 Å². The lowest BCUT2D eigenvalue weighted by atomic mass is 10.0. The highest BCUT2D eigenvalue weighted by Crippen LogP contribution is 2.73. The van der Waals surface area contributed by atoms with E-state index < -0.39 is 5.97 Å². The van der Waals surface area contributed by atoms with Crippen LogP contribution in [0.15, 0.2) is 18.2 Å². The van der Waals surface area contributed by atoms with Gasteiger partial charge in [-0.1, -0.05) is 0 Å². The van der Waals surface area contributed by atoms with Crippen LogP contribution in [0.3, 0.4) is 0 Å². The molecule has 2 bridgehead atoms. The molecule has 2 aromatic rings. The van der Waals surface area contributed by atoms with E-state index in [1.165, 1.54) is 24.3 Å². The van der Waals surface area contributed by atoms with Crippen molar-refractivity contribution in [2.75, 3.05) is 0 Å². The van der Waals surface area contributed by atoms with Gasteiger partial charge < -0.3 is 5.11 Å². The number of carboxylic acids is 1. The topological polar surface area (TPSA) is 50.2 Å². The average Bonchev–Trinajstić information content (AvgIpc) is 2.82. The summed E-state index contributed by atoms with van der Waals surface area (Å²) in [6.07, 6.45) is 4.31. The number of thiazole rings is 1. The fourth-order valence-corrected chi connectivity index (χ4v) is 6.10. The highest BCUT2D eigenvalue weighted by molar-refractivity contribution is 7.18. The Morgan fingerprint density at radius 2 is 2.00 bits per heavy atom. The quantitative estimate of drug-likeness (QED) is 0.914. The first kappa shape index (κ1) is 11.3. The van der Waals surface area contributed by atoms with Crippen LogP contribution in [0, 0.1) is 23.7 Å². The molecule has 1 aromatic carbocycles. The van der Waals surface area contributed by atoms with Crippen molar-refractivity contribution in [2.45, 2.75) is 25.2 Å². The van der Waals surface area contributed by atoms with Crippen LogP contribution < -0.4 is 0 Å². The summed E-state index contributed by atoms with van der Waals surface area (Å²) in [4.78, 5) is 15.8. The fourth-order valence-electron chi connectivity index (χ4n) is 4.87. The second kappa shape index (κ2) is 3.61. The Morgan fingerprint density at radius 3 is 2.70 bits per heavy atom. The van der Waals surface area contributed by atoms with Crippen molar-refractivity contribution in [1.29, 1.82) is 0 Å². The first-order chi connectivity index (χ1) is 9.72. The third kappa shape index (κ3) is 1.35. The summed E-state index contributed by atoms with van der Waals surface area (Å²) < 4.78 is 1.03. The predicted molar refractivity (Wildman–Crippen MR) is 77.1 cm³/mol. The fraction of sp³-hybridized carbons (Fsp3) is 0.500. The van der Waals surface area contributed by atoms with Gasteiger partial charge in [-0.2, -0.15) is 0 Å². The van der Waals surface area contributed by atoms with Crippen LogP contribution in [-0.4, -0.2) is 16.1 Å². The van der Waals surface area contributed by atoms with E-state index in [9.17, 15) is 4.79 Å². The number of hydrogen-bond acceptors (Lipinski definition) is 3. The molecular weight excluding hydrogens is 270 g/mol. The molecule has 4 heteroatoms. The summed E-state index contributed by atoms with van der Waals surface area (Å²) in [5.41, 5.74) is 1.33. The molecule has 0 amide bonds. The van der Waals surface area contributed by atoms with E-state index in [1.54, 1.807) is 23.5 Å². The van der Waals surface area contributed by atoms with Crippen LogP contribution in [0.4, 0.5) is 0 Å². The van der Waals surface area contributed by atoms with E-state index in [4.69, 9.17) is 10.1 Å². The molecule has 1 N–H and O–H groups in total. The van der Waals surface area contributed by atoms with Gasteiger partial charge in [0.25, 0.3) is 0 Å². The summed E-state index contributed by atoms with van der Waals surface area (Å²) in [6.45, 7) is 0. The van der Waals surface area contributed by atoms with Gasteiger partial charge in [0, 0.05) is 5.92 Å². The molecule has 0 saturated heterocycles. The number of nitrogens with zero attached hydrogens (tertiary/aromatic N) is 1. The molecule has 3 nitrogen and oxygen atoms in total. The zero-order valence-electron chi connectivity index (χ0n) is 11.0. The van der Waals surface area contributed by atoms with Crippen LogP contribution in [0.25, 0.3) is 10.2 Å². The van der Waals surface area contributed by atoms with Gasteiger partial charge in [-0.15, -0.1) is 11.3 Å². The van der Waals surface area contributed by atoms with Crippen LogP contribution in [-0.2, 0) is 0 Å². The van der Waals surface area contributed by atoms with E-state index in [-0.39, 0.29) is 0 Å². The monoisotopic (exact) mass is 285 g/mol. The summed E-state index contributed by atoms with van der Waals surface area (Å²) >= 11 is 1.71.